The number of Topliss-reactive ketones (excluding diaryl/α,β-unsaturated/α-hetero) is 1. The van der Waals surface area contributed by atoms with Crippen LogP contribution in [0.4, 0.5) is 0 Å². The Hall–Kier alpha value is -2.49. The maximum Gasteiger partial charge on any atom is 0.338 e. The van der Waals surface area contributed by atoms with Gasteiger partial charge in [-0.25, -0.2) is 13.2 Å². The van der Waals surface area contributed by atoms with Crippen LogP contribution in [0.15, 0.2) is 29.2 Å². The fourth-order valence-corrected chi connectivity index (χ4v) is 5.92. The van der Waals surface area contributed by atoms with Crippen LogP contribution >= 0.6 is 0 Å². The van der Waals surface area contributed by atoms with Crippen LogP contribution in [0.5, 0.6) is 0 Å². The first-order valence-electron chi connectivity index (χ1n) is 11.1. The molecule has 2 heterocycles. The lowest BCUT2D eigenvalue weighted by Gasteiger charge is -2.26. The maximum atomic E-state index is 13.1. The van der Waals surface area contributed by atoms with E-state index in [0.29, 0.717) is 37.4 Å². The van der Waals surface area contributed by atoms with Crippen molar-refractivity contribution in [1.82, 2.24) is 8.87 Å². The lowest BCUT2D eigenvalue weighted by Crippen LogP contribution is -2.36. The summed E-state index contributed by atoms with van der Waals surface area (Å²) in [6.45, 7) is 7.14. The van der Waals surface area contributed by atoms with Crippen LogP contribution in [-0.2, 0) is 26.0 Å². The molecular formula is C24H32N2O6S. The minimum Gasteiger partial charge on any atom is -0.454 e. The molecule has 0 aliphatic carbocycles. The summed E-state index contributed by atoms with van der Waals surface area (Å²) in [6, 6.07) is 6.24. The second-order valence-electron chi connectivity index (χ2n) is 8.37. The van der Waals surface area contributed by atoms with E-state index in [4.69, 9.17) is 9.47 Å². The highest BCUT2D eigenvalue weighted by molar-refractivity contribution is 7.89. The lowest BCUT2D eigenvalue weighted by atomic mass is 10.1. The monoisotopic (exact) mass is 476 g/mol. The summed E-state index contributed by atoms with van der Waals surface area (Å²) in [4.78, 5) is 25.4. The molecule has 0 bridgehead atoms. The number of methoxy groups -OCH3 is 1. The molecular weight excluding hydrogens is 444 g/mol. The van der Waals surface area contributed by atoms with Crippen molar-refractivity contribution in [2.24, 2.45) is 0 Å². The molecule has 33 heavy (non-hydrogen) atoms. The van der Waals surface area contributed by atoms with Crippen molar-refractivity contribution in [2.75, 3.05) is 33.4 Å². The number of carbonyl (C=O) groups is 2. The molecule has 2 aromatic rings. The third-order valence-corrected chi connectivity index (χ3v) is 8.12. The molecule has 0 saturated carbocycles. The van der Waals surface area contributed by atoms with Crippen LogP contribution < -0.4 is 0 Å². The molecule has 1 saturated heterocycles. The maximum absolute atomic E-state index is 13.1. The Bertz CT molecular complexity index is 1130. The number of rotatable bonds is 9. The third-order valence-electron chi connectivity index (χ3n) is 6.08. The number of piperidine rings is 1. The van der Waals surface area contributed by atoms with Crippen molar-refractivity contribution >= 4 is 21.8 Å². The molecule has 3 rings (SSSR count). The number of ether oxygens (including phenoxy) is 2. The zero-order valence-electron chi connectivity index (χ0n) is 19.7. The Labute approximate surface area is 195 Å². The molecule has 0 radical (unpaired) electrons. The Morgan fingerprint density at radius 1 is 1.03 bits per heavy atom. The molecule has 0 N–H and O–H groups in total. The molecule has 0 spiro atoms. The van der Waals surface area contributed by atoms with Crippen LogP contribution in [0.25, 0.3) is 0 Å². The summed E-state index contributed by atoms with van der Waals surface area (Å²) in [5, 5.41) is 0. The normalized spacial score (nSPS) is 14.9. The highest BCUT2D eigenvalue weighted by atomic mass is 32.2. The van der Waals surface area contributed by atoms with E-state index in [-0.39, 0.29) is 16.2 Å². The zero-order valence-corrected chi connectivity index (χ0v) is 20.5. The van der Waals surface area contributed by atoms with Crippen molar-refractivity contribution in [3.8, 4) is 0 Å². The first-order valence-corrected chi connectivity index (χ1v) is 12.6. The van der Waals surface area contributed by atoms with Crippen LogP contribution in [-0.4, -0.2) is 62.5 Å². The van der Waals surface area contributed by atoms with Gasteiger partial charge in [-0.2, -0.15) is 4.31 Å². The van der Waals surface area contributed by atoms with E-state index in [0.717, 1.165) is 30.7 Å². The van der Waals surface area contributed by atoms with Gasteiger partial charge < -0.3 is 14.0 Å². The highest BCUT2D eigenvalue weighted by Crippen LogP contribution is 2.25. The summed E-state index contributed by atoms with van der Waals surface area (Å²) in [7, 11) is -2.07. The van der Waals surface area contributed by atoms with E-state index in [1.165, 1.54) is 16.4 Å². The van der Waals surface area contributed by atoms with Crippen molar-refractivity contribution in [2.45, 2.75) is 51.5 Å². The third kappa shape index (κ3) is 5.54. The fourth-order valence-electron chi connectivity index (χ4n) is 4.15. The molecule has 1 fully saturated rings. The molecule has 1 aromatic carbocycles. The summed E-state index contributed by atoms with van der Waals surface area (Å²) >= 11 is 0. The Balaban J connectivity index is 1.72. The van der Waals surface area contributed by atoms with Crippen LogP contribution in [0.2, 0.25) is 0 Å². The number of esters is 1. The average Bonchev–Trinajstić information content (AvgIpc) is 3.09. The Morgan fingerprint density at radius 3 is 2.39 bits per heavy atom. The van der Waals surface area contributed by atoms with Gasteiger partial charge in [-0.15, -0.1) is 0 Å². The largest absolute Gasteiger partial charge is 0.454 e. The lowest BCUT2D eigenvalue weighted by molar-refractivity contribution is 0.0474. The first-order chi connectivity index (χ1) is 15.7. The predicted molar refractivity (Wildman–Crippen MR) is 124 cm³/mol. The van der Waals surface area contributed by atoms with E-state index < -0.39 is 22.6 Å². The number of aromatic nitrogens is 1. The fraction of sp³-hybridized carbons (Fsp3) is 0.500. The van der Waals surface area contributed by atoms with Gasteiger partial charge in [-0.3, -0.25) is 4.79 Å². The molecule has 0 unspecified atom stereocenters. The predicted octanol–water partition coefficient (Wildman–Crippen LogP) is 3.27. The second kappa shape index (κ2) is 10.6. The van der Waals surface area contributed by atoms with Gasteiger partial charge in [-0.05, 0) is 57.4 Å². The molecule has 9 heteroatoms. The molecule has 0 atom stereocenters. The minimum atomic E-state index is -3.69. The van der Waals surface area contributed by atoms with Crippen molar-refractivity contribution in [3.63, 3.8) is 0 Å². The molecule has 1 aromatic heterocycles. The topological polar surface area (TPSA) is 94.9 Å². The number of sulfonamides is 1. The van der Waals surface area contributed by atoms with Gasteiger partial charge in [0.05, 0.1) is 17.1 Å². The number of hydrogen-bond donors (Lipinski definition) is 0. The minimum absolute atomic E-state index is 0.104. The quantitative estimate of drug-likeness (QED) is 0.407. The molecule has 180 valence electrons. The van der Waals surface area contributed by atoms with E-state index in [2.05, 4.69) is 0 Å². The van der Waals surface area contributed by atoms with E-state index >= 15 is 0 Å². The molecule has 1 aliphatic heterocycles. The summed E-state index contributed by atoms with van der Waals surface area (Å²) in [5.74, 6) is -1.04. The van der Waals surface area contributed by atoms with Gasteiger partial charge in [0.2, 0.25) is 15.8 Å². The van der Waals surface area contributed by atoms with Crippen LogP contribution in [0, 0.1) is 20.8 Å². The number of carbonyl (C=O) groups excluding carboxylic acids is 2. The first kappa shape index (κ1) is 25.1. The standard InChI is InChI=1S/C24H32N2O6S/c1-17-8-9-20(15-23(17)33(29,30)25-10-6-5-7-11-25)24(28)32-16-22(27)21-14-18(2)26(19(21)3)12-13-31-4/h8-9,14-15H,5-7,10-13,16H2,1-4H3. The molecule has 0 amide bonds. The number of ketones is 1. The van der Waals surface area contributed by atoms with Crippen molar-refractivity contribution in [1.29, 1.82) is 0 Å². The van der Waals surface area contributed by atoms with Gasteiger partial charge in [-0.1, -0.05) is 12.5 Å². The molecule has 8 nitrogen and oxygen atoms in total. The second-order valence-corrected chi connectivity index (χ2v) is 10.3. The summed E-state index contributed by atoms with van der Waals surface area (Å²) in [6.07, 6.45) is 2.67. The van der Waals surface area contributed by atoms with Crippen LogP contribution in [0.3, 0.4) is 0 Å². The number of aryl methyl sites for hydroxylation is 2. The smallest absolute Gasteiger partial charge is 0.338 e. The summed E-state index contributed by atoms with van der Waals surface area (Å²) < 4.78 is 40.0. The Kier molecular flexibility index (Phi) is 8.10. The van der Waals surface area contributed by atoms with Gasteiger partial charge in [0.15, 0.2) is 6.61 Å². The molecule has 1 aliphatic rings. The SMILES string of the molecule is COCCn1c(C)cc(C(=O)COC(=O)c2ccc(C)c(S(=O)(=O)N3CCCCC3)c2)c1C. The van der Waals surface area contributed by atoms with Crippen LogP contribution in [0.1, 0.15) is 56.9 Å². The van der Waals surface area contributed by atoms with Crippen molar-refractivity contribution in [3.05, 3.63) is 52.3 Å². The van der Waals surface area contributed by atoms with E-state index in [1.807, 2.05) is 18.4 Å². The van der Waals surface area contributed by atoms with Gasteiger partial charge in [0.25, 0.3) is 0 Å². The van der Waals surface area contributed by atoms with Crippen molar-refractivity contribution < 1.29 is 27.5 Å². The number of nitrogens with zero attached hydrogens (tertiary/aromatic N) is 2. The highest BCUT2D eigenvalue weighted by Gasteiger charge is 2.28. The number of benzene rings is 1. The average molecular weight is 477 g/mol. The Morgan fingerprint density at radius 2 is 1.73 bits per heavy atom. The zero-order chi connectivity index (χ0) is 24.2. The van der Waals surface area contributed by atoms with Gasteiger partial charge >= 0.3 is 5.97 Å². The summed E-state index contributed by atoms with van der Waals surface area (Å²) in [5.41, 5.74) is 2.88. The number of hydrogen-bond acceptors (Lipinski definition) is 6. The van der Waals surface area contributed by atoms with E-state index in [1.54, 1.807) is 26.2 Å². The van der Waals surface area contributed by atoms with Gasteiger partial charge in [0.1, 0.15) is 0 Å². The van der Waals surface area contributed by atoms with Gasteiger partial charge in [0, 0.05) is 43.7 Å². The van der Waals surface area contributed by atoms with E-state index in [9.17, 15) is 18.0 Å².